The minimum Gasteiger partial charge on any atom is -0.546 e. The number of aliphatic hydroxyl groups is 1. The molecule has 2 aromatic carbocycles. The maximum atomic E-state index is 10.7. The van der Waals surface area contributed by atoms with E-state index in [2.05, 4.69) is 33.0 Å². The van der Waals surface area contributed by atoms with Gasteiger partial charge in [-0.25, -0.2) is 0 Å². The molecule has 3 rings (SSSR count). The monoisotopic (exact) mass is 557 g/mol. The van der Waals surface area contributed by atoms with E-state index in [1.165, 1.54) is 5.56 Å². The fourth-order valence-electron chi connectivity index (χ4n) is 4.22. The number of carboxylic acids is 1. The SMILES string of the molecule is CC.COc1ccc(CCN2CCC(Cc3ccc(Br)c(OCC(=O)[O-])c3)CC2)cc1C(C)O.[Na+]. The molecule has 1 aliphatic heterocycles. The van der Waals surface area contributed by atoms with Gasteiger partial charge in [0.2, 0.25) is 0 Å². The number of carbonyl (C=O) groups is 1. The van der Waals surface area contributed by atoms with Crippen LogP contribution < -0.4 is 44.1 Å². The number of likely N-dealkylation sites (tertiary alicyclic amines) is 1. The standard InChI is InChI=1S/C25H32BrNO5.C2H6.Na/c1-17(28)21-14-18(4-6-23(21)31-2)7-10-27-11-8-19(9-12-27)13-20-3-5-22(26)24(15-20)32-16-25(29)30;1-2;/h3-6,14-15,17,19,28H,7-13,16H2,1-2H3,(H,29,30);1-2H3;/q;;+1/p-1. The van der Waals surface area contributed by atoms with E-state index in [1.54, 1.807) is 14.0 Å². The number of hydrogen-bond donors (Lipinski definition) is 1. The van der Waals surface area contributed by atoms with Crippen molar-refractivity contribution in [1.82, 2.24) is 4.90 Å². The third kappa shape index (κ3) is 10.4. The number of halogens is 1. The molecule has 1 saturated heterocycles. The summed E-state index contributed by atoms with van der Waals surface area (Å²) < 4.78 is 11.4. The van der Waals surface area contributed by atoms with Gasteiger partial charge in [0.15, 0.2) is 0 Å². The zero-order chi connectivity index (χ0) is 25.1. The van der Waals surface area contributed by atoms with E-state index in [1.807, 2.05) is 38.1 Å². The molecule has 0 amide bonds. The van der Waals surface area contributed by atoms with Crippen molar-refractivity contribution >= 4 is 21.9 Å². The number of hydrogen-bond acceptors (Lipinski definition) is 6. The van der Waals surface area contributed by atoms with Crippen LogP contribution in [0.1, 0.15) is 56.4 Å². The molecule has 2 aromatic rings. The van der Waals surface area contributed by atoms with Crippen molar-refractivity contribution in [3.8, 4) is 11.5 Å². The molecule has 1 N–H and O–H groups in total. The van der Waals surface area contributed by atoms with Crippen LogP contribution in [0.15, 0.2) is 40.9 Å². The number of rotatable bonds is 10. The Balaban J connectivity index is 0.00000199. The number of carbonyl (C=O) groups excluding carboxylic acids is 1. The fourth-order valence-corrected chi connectivity index (χ4v) is 4.58. The third-order valence-corrected chi connectivity index (χ3v) is 6.69. The molecule has 1 unspecified atom stereocenters. The van der Waals surface area contributed by atoms with Crippen LogP contribution >= 0.6 is 15.9 Å². The van der Waals surface area contributed by atoms with Gasteiger partial charge in [0.05, 0.1) is 23.7 Å². The normalized spacial score (nSPS) is 14.8. The predicted octanol–water partition coefficient (Wildman–Crippen LogP) is 1.17. The summed E-state index contributed by atoms with van der Waals surface area (Å²) in [5.41, 5.74) is 3.20. The Bertz CT molecular complexity index is 916. The Hall–Kier alpha value is -1.09. The Kier molecular flexibility index (Phi) is 15.2. The first kappa shape index (κ1) is 31.9. The molecule has 0 spiro atoms. The second-order valence-electron chi connectivity index (χ2n) is 8.42. The first-order valence-corrected chi connectivity index (χ1v) is 12.8. The molecule has 1 aliphatic rings. The minimum atomic E-state index is -1.23. The summed E-state index contributed by atoms with van der Waals surface area (Å²) in [5, 5.41) is 20.6. The summed E-state index contributed by atoms with van der Waals surface area (Å²) in [4.78, 5) is 13.2. The largest absolute Gasteiger partial charge is 1.00 e. The zero-order valence-corrected chi connectivity index (χ0v) is 25.3. The van der Waals surface area contributed by atoms with Gasteiger partial charge < -0.3 is 29.4 Å². The van der Waals surface area contributed by atoms with E-state index in [4.69, 9.17) is 9.47 Å². The summed E-state index contributed by atoms with van der Waals surface area (Å²) >= 11 is 3.40. The average molecular weight is 558 g/mol. The van der Waals surface area contributed by atoms with Crippen LogP contribution in [0.25, 0.3) is 0 Å². The topological polar surface area (TPSA) is 82.1 Å². The van der Waals surface area contributed by atoms with E-state index >= 15 is 0 Å². The van der Waals surface area contributed by atoms with E-state index < -0.39 is 18.7 Å². The molecule has 1 atom stereocenters. The van der Waals surface area contributed by atoms with Gasteiger partial charge in [-0.15, -0.1) is 0 Å². The van der Waals surface area contributed by atoms with Crippen molar-refractivity contribution in [3.05, 3.63) is 57.6 Å². The van der Waals surface area contributed by atoms with E-state index in [9.17, 15) is 15.0 Å². The maximum absolute atomic E-state index is 10.7. The average Bonchev–Trinajstić information content (AvgIpc) is 2.84. The molecule has 1 fully saturated rings. The third-order valence-electron chi connectivity index (χ3n) is 6.03. The summed E-state index contributed by atoms with van der Waals surface area (Å²) in [6.45, 7) is 8.44. The summed E-state index contributed by atoms with van der Waals surface area (Å²) in [7, 11) is 1.63. The molecule has 8 heteroatoms. The van der Waals surface area contributed by atoms with Crippen molar-refractivity contribution in [2.45, 2.75) is 52.6 Å². The van der Waals surface area contributed by atoms with Crippen molar-refractivity contribution in [3.63, 3.8) is 0 Å². The Morgan fingerprint density at radius 3 is 2.40 bits per heavy atom. The van der Waals surface area contributed by atoms with E-state index in [0.717, 1.165) is 66.7 Å². The molecule has 188 valence electrons. The molecule has 6 nitrogen and oxygen atoms in total. The first-order chi connectivity index (χ1) is 16.4. The van der Waals surface area contributed by atoms with Crippen molar-refractivity contribution in [2.75, 3.05) is 33.4 Å². The van der Waals surface area contributed by atoms with Gasteiger partial charge >= 0.3 is 29.6 Å². The molecular weight excluding hydrogens is 521 g/mol. The van der Waals surface area contributed by atoms with Gasteiger partial charge in [-0.1, -0.05) is 26.0 Å². The number of ether oxygens (including phenoxy) is 2. The molecule has 0 aliphatic carbocycles. The summed E-state index contributed by atoms with van der Waals surface area (Å²) in [6.07, 6.45) is 3.62. The molecule has 0 bridgehead atoms. The number of methoxy groups -OCH3 is 1. The quantitative estimate of drug-likeness (QED) is 0.441. The van der Waals surface area contributed by atoms with Crippen LogP contribution in [0.4, 0.5) is 0 Å². The number of aliphatic carboxylic acids is 1. The summed E-state index contributed by atoms with van der Waals surface area (Å²) in [5.74, 6) is 0.640. The first-order valence-electron chi connectivity index (χ1n) is 12.0. The molecule has 1 heterocycles. The Morgan fingerprint density at radius 1 is 1.14 bits per heavy atom. The smallest absolute Gasteiger partial charge is 0.546 e. The van der Waals surface area contributed by atoms with E-state index in [-0.39, 0.29) is 29.6 Å². The second kappa shape index (κ2) is 16.6. The maximum Gasteiger partial charge on any atom is 1.00 e. The molecular formula is C27H37BrNNaO5. The van der Waals surface area contributed by atoms with Gasteiger partial charge in [-0.05, 0) is 103 Å². The Morgan fingerprint density at radius 2 is 1.80 bits per heavy atom. The number of carboxylic acid groups (broad SMARTS) is 1. The van der Waals surface area contributed by atoms with Crippen LogP contribution in [0.2, 0.25) is 0 Å². The Labute approximate surface area is 240 Å². The van der Waals surface area contributed by atoms with Crippen LogP contribution in [-0.2, 0) is 17.6 Å². The number of benzene rings is 2. The number of aliphatic hydroxyl groups excluding tert-OH is 1. The number of nitrogens with zero attached hydrogens (tertiary/aromatic N) is 1. The summed E-state index contributed by atoms with van der Waals surface area (Å²) in [6, 6.07) is 11.9. The van der Waals surface area contributed by atoms with Crippen molar-refractivity contribution < 1.29 is 54.0 Å². The minimum absolute atomic E-state index is 0. The molecule has 0 saturated carbocycles. The molecule has 35 heavy (non-hydrogen) atoms. The van der Waals surface area contributed by atoms with Crippen LogP contribution in [0, 0.1) is 5.92 Å². The molecule has 0 radical (unpaired) electrons. The van der Waals surface area contributed by atoms with Crippen molar-refractivity contribution in [2.24, 2.45) is 5.92 Å². The van der Waals surface area contributed by atoms with Crippen LogP contribution in [0.5, 0.6) is 11.5 Å². The van der Waals surface area contributed by atoms with Gasteiger partial charge in [-0.2, -0.15) is 0 Å². The second-order valence-corrected chi connectivity index (χ2v) is 9.27. The molecule has 0 aromatic heterocycles. The van der Waals surface area contributed by atoms with E-state index in [0.29, 0.717) is 11.7 Å². The number of piperidine rings is 1. The predicted molar refractivity (Wildman–Crippen MR) is 136 cm³/mol. The fraction of sp³-hybridized carbons (Fsp3) is 0.519. The van der Waals surface area contributed by atoms with Gasteiger partial charge in [0.25, 0.3) is 0 Å². The zero-order valence-electron chi connectivity index (χ0n) is 21.7. The van der Waals surface area contributed by atoms with Gasteiger partial charge in [-0.3, -0.25) is 0 Å². The van der Waals surface area contributed by atoms with Crippen molar-refractivity contribution in [1.29, 1.82) is 0 Å². The van der Waals surface area contributed by atoms with Crippen LogP contribution in [-0.4, -0.2) is 49.3 Å². The van der Waals surface area contributed by atoms with Gasteiger partial charge in [0, 0.05) is 12.1 Å². The van der Waals surface area contributed by atoms with Gasteiger partial charge in [0.1, 0.15) is 18.1 Å². The van der Waals surface area contributed by atoms with Crippen LogP contribution in [0.3, 0.4) is 0 Å².